The van der Waals surface area contributed by atoms with Crippen LogP contribution in [0.25, 0.3) is 55.3 Å². The maximum atomic E-state index is 9.41. The van der Waals surface area contributed by atoms with Crippen molar-refractivity contribution >= 4 is 108 Å². The molecule has 4 aliphatic heterocycles. The minimum atomic E-state index is -0.544. The van der Waals surface area contributed by atoms with Crippen molar-refractivity contribution in [1.82, 2.24) is 0 Å². The van der Waals surface area contributed by atoms with Gasteiger partial charge in [0.1, 0.15) is 11.5 Å². The van der Waals surface area contributed by atoms with Gasteiger partial charge in [0.2, 0.25) is 0 Å². The molecule has 4 nitrogen and oxygen atoms in total. The fourth-order valence-electron chi connectivity index (χ4n) is 16.6. The number of para-hydroxylation sites is 5. The monoisotopic (exact) mass is 1130 g/mol. The highest BCUT2D eigenvalue weighted by Crippen LogP contribution is 2.65. The molecule has 89 heavy (non-hydrogen) atoms. The number of anilines is 9. The normalized spacial score (nSPS) is 14.9. The number of benzene rings is 14. The highest BCUT2D eigenvalue weighted by molar-refractivity contribution is 7.02. The average molecular weight is 1130 g/mol. The minimum Gasteiger partial charge on any atom is -0.458 e. The predicted molar refractivity (Wildman–Crippen MR) is 371 cm³/mol. The van der Waals surface area contributed by atoms with E-state index in [2.05, 4.69) is 257 Å². The second-order valence-corrected chi connectivity index (χ2v) is 24.2. The van der Waals surface area contributed by atoms with Crippen LogP contribution in [0.3, 0.4) is 0 Å². The summed E-state index contributed by atoms with van der Waals surface area (Å²) in [6.07, 6.45) is 0. The van der Waals surface area contributed by atoms with Crippen LogP contribution >= 0.6 is 0 Å². The van der Waals surface area contributed by atoms with Gasteiger partial charge in [0.05, 0.1) is 18.0 Å². The van der Waals surface area contributed by atoms with E-state index in [0.29, 0.717) is 5.56 Å². The Balaban J connectivity index is 0.845. The van der Waals surface area contributed by atoms with Gasteiger partial charge in [0.15, 0.2) is 0 Å². The van der Waals surface area contributed by atoms with Crippen molar-refractivity contribution in [3.05, 3.63) is 332 Å². The smallest absolute Gasteiger partial charge is 0.256 e. The topological polar surface area (TPSA) is 19.0 Å². The summed E-state index contributed by atoms with van der Waals surface area (Å²) in [4.78, 5) is 7.04. The third kappa shape index (κ3) is 6.59. The Hall–Kier alpha value is -11.3. The molecule has 2 aliphatic carbocycles. The summed E-state index contributed by atoms with van der Waals surface area (Å²) >= 11 is 0. The molecule has 0 radical (unpaired) electrons. The fraction of sp³-hybridized carbons (Fsp3) is 0.0120. The van der Waals surface area contributed by atoms with Crippen LogP contribution in [0.4, 0.5) is 51.2 Å². The lowest BCUT2D eigenvalue weighted by molar-refractivity contribution is 0.488. The fourth-order valence-corrected chi connectivity index (χ4v) is 16.6. The lowest BCUT2D eigenvalue weighted by atomic mass is 9.30. The predicted octanol–water partition coefficient (Wildman–Crippen LogP) is 17.0. The molecule has 0 bridgehead atoms. The van der Waals surface area contributed by atoms with Gasteiger partial charge in [-0.25, -0.2) is 0 Å². The molecule has 4 heterocycles. The first-order valence-electron chi connectivity index (χ1n) is 33.1. The SMILES string of the molecule is [2H]c1c([2H])c([2H])c(-c2cc3c4c(c2)N(c2ccccc2)c2cc5c(cc2B4c2ccccc2N3c2ccccc2)B2c3ccccc3N(c3ccccc3)c3c2c(cc2cc(-c4cccc6c4C4(c7ccccc7-c7ccccc74)c4ccccc4-6)ccc32)O5)c([2H])c1[2H]. The third-order valence-corrected chi connectivity index (χ3v) is 19.9. The van der Waals surface area contributed by atoms with Crippen molar-refractivity contribution in [2.24, 2.45) is 0 Å². The molecule has 410 valence electrons. The van der Waals surface area contributed by atoms with E-state index in [-0.39, 0.29) is 43.2 Å². The van der Waals surface area contributed by atoms with Gasteiger partial charge in [-0.05, 0) is 178 Å². The zero-order valence-corrected chi connectivity index (χ0v) is 48.0. The highest BCUT2D eigenvalue weighted by atomic mass is 16.5. The Kier molecular flexibility index (Phi) is 9.11. The van der Waals surface area contributed by atoms with Crippen LogP contribution in [-0.4, -0.2) is 13.4 Å². The Labute approximate surface area is 524 Å². The van der Waals surface area contributed by atoms with Crippen LogP contribution in [0.2, 0.25) is 0 Å². The molecule has 14 aromatic rings. The zero-order valence-electron chi connectivity index (χ0n) is 53.0. The Morgan fingerprint density at radius 1 is 0.326 bits per heavy atom. The van der Waals surface area contributed by atoms with Gasteiger partial charge in [-0.2, -0.15) is 0 Å². The zero-order chi connectivity index (χ0) is 62.4. The Morgan fingerprint density at radius 2 is 0.831 bits per heavy atom. The molecule has 14 aromatic carbocycles. The van der Waals surface area contributed by atoms with Crippen molar-refractivity contribution < 1.29 is 11.6 Å². The maximum absolute atomic E-state index is 9.41. The molecule has 0 amide bonds. The standard InChI is InChI=1S/C83H51B2N3O/c1-5-24-52(25-6-1)54-47-75-80-76(48-54)87(57-28-9-3-10-29-57)74-51-77-71(50-70(74)84(80)68-40-19-21-42-72(68)86(75)56-26-7-2-8-27-56)85-69-41-20-22-43-73(69)88(58-30-11-4-12-31-58)82-60-45-44-53(46-55(60)49-78(89-77)81(82)85)59-35-23-36-64-63-34-15-18-39-67(63)83(79(59)64)65-37-16-13-32-61(65)62-33-14-17-38-66(62)83/h1-51H/i1D,5D,6D,24D,25D. The van der Waals surface area contributed by atoms with E-state index in [4.69, 9.17) is 8.85 Å². The van der Waals surface area contributed by atoms with Crippen LogP contribution in [0.1, 0.15) is 29.1 Å². The number of fused-ring (bicyclic) bond motifs is 20. The van der Waals surface area contributed by atoms with E-state index in [1.807, 2.05) is 36.4 Å². The van der Waals surface area contributed by atoms with E-state index in [1.165, 1.54) is 55.5 Å². The summed E-state index contributed by atoms with van der Waals surface area (Å²) in [5.41, 5.74) is 27.9. The first-order chi connectivity index (χ1) is 46.3. The number of rotatable bonds is 5. The number of hydrogen-bond acceptors (Lipinski definition) is 4. The molecule has 0 aromatic heterocycles. The summed E-state index contributed by atoms with van der Waals surface area (Å²) in [5.74, 6) is 1.52. The molecule has 0 saturated carbocycles. The first kappa shape index (κ1) is 44.2. The molecule has 0 saturated heterocycles. The van der Waals surface area contributed by atoms with Gasteiger partial charge in [-0.3, -0.25) is 0 Å². The molecule has 0 unspecified atom stereocenters. The van der Waals surface area contributed by atoms with Crippen molar-refractivity contribution in [3.63, 3.8) is 0 Å². The summed E-state index contributed by atoms with van der Waals surface area (Å²) in [5, 5.41) is 2.17. The van der Waals surface area contributed by atoms with Gasteiger partial charge in [0.25, 0.3) is 13.4 Å². The van der Waals surface area contributed by atoms with Gasteiger partial charge in [-0.15, -0.1) is 0 Å². The van der Waals surface area contributed by atoms with E-state index in [0.717, 1.165) is 106 Å². The molecule has 0 fully saturated rings. The van der Waals surface area contributed by atoms with Gasteiger partial charge >= 0.3 is 0 Å². The summed E-state index contributed by atoms with van der Waals surface area (Å²) in [7, 11) is 0. The van der Waals surface area contributed by atoms with Crippen LogP contribution in [0, 0.1) is 0 Å². The molecule has 0 N–H and O–H groups in total. The number of ether oxygens (including phenoxy) is 1. The van der Waals surface area contributed by atoms with Crippen LogP contribution in [-0.2, 0) is 5.41 Å². The van der Waals surface area contributed by atoms with Crippen molar-refractivity contribution in [3.8, 4) is 56.0 Å². The number of nitrogens with zero attached hydrogens (tertiary/aromatic N) is 3. The summed E-state index contributed by atoms with van der Waals surface area (Å²) in [6.45, 7) is -0.571. The largest absolute Gasteiger partial charge is 0.458 e. The lowest BCUT2D eigenvalue weighted by Gasteiger charge is -2.45. The van der Waals surface area contributed by atoms with Crippen molar-refractivity contribution in [2.45, 2.75) is 5.41 Å². The average Bonchev–Trinajstić information content (AvgIpc) is 1.21. The van der Waals surface area contributed by atoms with Gasteiger partial charge < -0.3 is 19.4 Å². The molecular formula is C83H51B2N3O. The minimum absolute atomic E-state index is 0.139. The summed E-state index contributed by atoms with van der Waals surface area (Å²) in [6, 6.07) is 99.3. The molecule has 6 heteroatoms. The van der Waals surface area contributed by atoms with E-state index in [9.17, 15) is 2.74 Å². The van der Waals surface area contributed by atoms with Crippen LogP contribution in [0.5, 0.6) is 11.5 Å². The lowest BCUT2D eigenvalue weighted by Crippen LogP contribution is -2.64. The highest BCUT2D eigenvalue weighted by Gasteiger charge is 2.53. The maximum Gasteiger partial charge on any atom is 0.256 e. The van der Waals surface area contributed by atoms with E-state index >= 15 is 0 Å². The van der Waals surface area contributed by atoms with E-state index in [1.54, 1.807) is 0 Å². The molecule has 20 rings (SSSR count). The van der Waals surface area contributed by atoms with Crippen LogP contribution in [0.15, 0.2) is 309 Å². The molecular weight excluding hydrogens is 1080 g/mol. The Bertz CT molecular complexity index is 5580. The summed E-state index contributed by atoms with van der Waals surface area (Å²) < 4.78 is 53.0. The number of hydrogen-bond donors (Lipinski definition) is 0. The second kappa shape index (κ2) is 18.4. The van der Waals surface area contributed by atoms with Crippen molar-refractivity contribution in [2.75, 3.05) is 14.7 Å². The second-order valence-electron chi connectivity index (χ2n) is 24.2. The van der Waals surface area contributed by atoms with Crippen molar-refractivity contribution in [1.29, 1.82) is 0 Å². The molecule has 6 aliphatic rings. The van der Waals surface area contributed by atoms with Gasteiger partial charge in [-0.1, -0.05) is 230 Å². The van der Waals surface area contributed by atoms with Crippen LogP contribution < -0.4 is 52.2 Å². The quantitative estimate of drug-likeness (QED) is 0.160. The molecule has 1 spiro atoms. The van der Waals surface area contributed by atoms with E-state index < -0.39 is 11.5 Å². The third-order valence-electron chi connectivity index (χ3n) is 19.9. The first-order valence-corrected chi connectivity index (χ1v) is 30.6. The molecule has 0 atom stereocenters. The van der Waals surface area contributed by atoms with Gasteiger partial charge in [0, 0.05) is 57.0 Å². The Morgan fingerprint density at radius 3 is 1.46 bits per heavy atom.